The molecule has 0 spiro atoms. The van der Waals surface area contributed by atoms with Crippen molar-refractivity contribution in [1.29, 1.82) is 0 Å². The van der Waals surface area contributed by atoms with E-state index in [0.717, 1.165) is 10.5 Å². The summed E-state index contributed by atoms with van der Waals surface area (Å²) in [5.41, 5.74) is 3.26. The van der Waals surface area contributed by atoms with Gasteiger partial charge in [-0.2, -0.15) is 5.10 Å². The van der Waals surface area contributed by atoms with Crippen molar-refractivity contribution in [3.8, 4) is 11.5 Å². The molecule has 2 aromatic carbocycles. The molecular formula is C17H16BrN3O4. The van der Waals surface area contributed by atoms with Crippen LogP contribution in [0, 0.1) is 0 Å². The molecule has 130 valence electrons. The predicted molar refractivity (Wildman–Crippen MR) is 97.5 cm³/mol. The summed E-state index contributed by atoms with van der Waals surface area (Å²) in [6.45, 7) is 0. The van der Waals surface area contributed by atoms with Gasteiger partial charge in [0.1, 0.15) is 11.5 Å². The number of nitrogens with zero attached hydrogens (tertiary/aromatic N) is 1. The minimum Gasteiger partial charge on any atom is -0.508 e. The molecule has 25 heavy (non-hydrogen) atoms. The highest BCUT2D eigenvalue weighted by Crippen LogP contribution is 2.20. The molecule has 0 saturated carbocycles. The highest BCUT2D eigenvalue weighted by Gasteiger charge is 2.07. The first-order valence-corrected chi connectivity index (χ1v) is 8.12. The Balaban J connectivity index is 1.75. The van der Waals surface area contributed by atoms with Crippen LogP contribution in [0.4, 0.5) is 5.69 Å². The third-order valence-electron chi connectivity index (χ3n) is 3.11. The first kappa shape index (κ1) is 18.5. The molecule has 0 unspecified atom stereocenters. The van der Waals surface area contributed by atoms with Crippen LogP contribution in [0.2, 0.25) is 0 Å². The third kappa shape index (κ3) is 6.27. The summed E-state index contributed by atoms with van der Waals surface area (Å²) < 4.78 is 0.905. The molecule has 0 aliphatic carbocycles. The van der Waals surface area contributed by atoms with Gasteiger partial charge in [0.25, 0.3) is 0 Å². The Morgan fingerprint density at radius 3 is 2.40 bits per heavy atom. The lowest BCUT2D eigenvalue weighted by molar-refractivity contribution is -0.124. The highest BCUT2D eigenvalue weighted by atomic mass is 79.9. The van der Waals surface area contributed by atoms with Gasteiger partial charge in [0, 0.05) is 34.6 Å². The fraction of sp³-hybridized carbons (Fsp3) is 0.118. The van der Waals surface area contributed by atoms with E-state index in [9.17, 15) is 19.8 Å². The zero-order valence-corrected chi connectivity index (χ0v) is 14.7. The summed E-state index contributed by atoms with van der Waals surface area (Å²) in [6.07, 6.45) is 1.23. The van der Waals surface area contributed by atoms with E-state index in [1.54, 1.807) is 24.3 Å². The highest BCUT2D eigenvalue weighted by molar-refractivity contribution is 9.10. The minimum atomic E-state index is -0.430. The summed E-state index contributed by atoms with van der Waals surface area (Å²) >= 11 is 3.30. The number of hydrogen-bond acceptors (Lipinski definition) is 5. The van der Waals surface area contributed by atoms with Gasteiger partial charge in [-0.25, -0.2) is 5.43 Å². The van der Waals surface area contributed by atoms with Crippen LogP contribution < -0.4 is 10.7 Å². The SMILES string of the molecule is O=C(CCC(=O)Nc1ccc(Br)cc1)N/N=C\c1ccc(O)cc1O. The number of aromatic hydroxyl groups is 2. The standard InChI is InChI=1S/C17H16BrN3O4/c18-12-2-4-13(5-3-12)20-16(24)7-8-17(25)21-19-10-11-1-6-14(22)9-15(11)23/h1-6,9-10,22-23H,7-8H2,(H,20,24)(H,21,25)/b19-10-. The molecule has 8 heteroatoms. The van der Waals surface area contributed by atoms with Crippen LogP contribution in [0.15, 0.2) is 52.0 Å². The normalized spacial score (nSPS) is 10.6. The number of carbonyl (C=O) groups is 2. The number of benzene rings is 2. The van der Waals surface area contributed by atoms with Crippen LogP contribution in [0.3, 0.4) is 0 Å². The second-order valence-corrected chi connectivity index (χ2v) is 6.01. The van der Waals surface area contributed by atoms with Gasteiger partial charge in [0.15, 0.2) is 0 Å². The molecule has 7 nitrogen and oxygen atoms in total. The molecule has 0 heterocycles. The smallest absolute Gasteiger partial charge is 0.240 e. The molecule has 0 radical (unpaired) electrons. The molecule has 0 aromatic heterocycles. The Morgan fingerprint density at radius 2 is 1.72 bits per heavy atom. The molecule has 0 saturated heterocycles. The Hall–Kier alpha value is -2.87. The Bertz CT molecular complexity index is 791. The lowest BCUT2D eigenvalue weighted by Gasteiger charge is -2.05. The quantitative estimate of drug-likeness (QED) is 0.437. The van der Waals surface area contributed by atoms with E-state index in [-0.39, 0.29) is 30.2 Å². The van der Waals surface area contributed by atoms with Crippen molar-refractivity contribution >= 4 is 39.6 Å². The predicted octanol–water partition coefficient (Wildman–Crippen LogP) is 2.73. The maximum absolute atomic E-state index is 11.8. The first-order chi connectivity index (χ1) is 11.9. The van der Waals surface area contributed by atoms with Crippen molar-refractivity contribution in [3.63, 3.8) is 0 Å². The minimum absolute atomic E-state index is 0.0158. The van der Waals surface area contributed by atoms with Crippen molar-refractivity contribution < 1.29 is 19.8 Å². The van der Waals surface area contributed by atoms with Gasteiger partial charge < -0.3 is 15.5 Å². The summed E-state index contributed by atoms with van der Waals surface area (Å²) in [6, 6.07) is 11.1. The Morgan fingerprint density at radius 1 is 1.04 bits per heavy atom. The molecule has 0 aliphatic rings. The molecule has 0 aliphatic heterocycles. The number of hydrogen-bond donors (Lipinski definition) is 4. The number of amides is 2. The largest absolute Gasteiger partial charge is 0.508 e. The lowest BCUT2D eigenvalue weighted by atomic mass is 10.2. The maximum Gasteiger partial charge on any atom is 0.240 e. The van der Waals surface area contributed by atoms with Crippen LogP contribution in [0.5, 0.6) is 11.5 Å². The van der Waals surface area contributed by atoms with E-state index in [0.29, 0.717) is 11.3 Å². The molecule has 4 N–H and O–H groups in total. The molecule has 0 fully saturated rings. The van der Waals surface area contributed by atoms with E-state index in [1.807, 2.05) is 0 Å². The van der Waals surface area contributed by atoms with Gasteiger partial charge >= 0.3 is 0 Å². The monoisotopic (exact) mass is 405 g/mol. The molecular weight excluding hydrogens is 390 g/mol. The number of carbonyl (C=O) groups excluding carboxylic acids is 2. The van der Waals surface area contributed by atoms with Crippen LogP contribution in [0.25, 0.3) is 0 Å². The number of halogens is 1. The molecule has 2 rings (SSSR count). The van der Waals surface area contributed by atoms with E-state index >= 15 is 0 Å². The van der Waals surface area contributed by atoms with Crippen molar-refractivity contribution in [2.75, 3.05) is 5.32 Å². The second kappa shape index (κ2) is 8.84. The fourth-order valence-electron chi connectivity index (χ4n) is 1.85. The van der Waals surface area contributed by atoms with Gasteiger partial charge in [-0.05, 0) is 36.4 Å². The molecule has 2 amide bonds. The van der Waals surface area contributed by atoms with Crippen LogP contribution in [-0.4, -0.2) is 28.2 Å². The fourth-order valence-corrected chi connectivity index (χ4v) is 2.12. The molecule has 2 aromatic rings. The number of nitrogens with one attached hydrogen (secondary N) is 2. The van der Waals surface area contributed by atoms with Gasteiger partial charge in [-0.1, -0.05) is 15.9 Å². The van der Waals surface area contributed by atoms with Gasteiger partial charge in [-0.3, -0.25) is 9.59 Å². The van der Waals surface area contributed by atoms with Gasteiger partial charge in [0.05, 0.1) is 6.21 Å². The lowest BCUT2D eigenvalue weighted by Crippen LogP contribution is -2.20. The average Bonchev–Trinajstić information content (AvgIpc) is 2.57. The van der Waals surface area contributed by atoms with Crippen molar-refractivity contribution in [2.45, 2.75) is 12.8 Å². The third-order valence-corrected chi connectivity index (χ3v) is 3.64. The van der Waals surface area contributed by atoms with Crippen molar-refractivity contribution in [2.24, 2.45) is 5.10 Å². The van der Waals surface area contributed by atoms with Crippen LogP contribution in [-0.2, 0) is 9.59 Å². The van der Waals surface area contributed by atoms with Crippen molar-refractivity contribution in [3.05, 3.63) is 52.5 Å². The van der Waals surface area contributed by atoms with Gasteiger partial charge in [-0.15, -0.1) is 0 Å². The second-order valence-electron chi connectivity index (χ2n) is 5.09. The zero-order valence-electron chi connectivity index (χ0n) is 13.1. The molecule has 0 atom stereocenters. The number of rotatable bonds is 6. The van der Waals surface area contributed by atoms with Crippen molar-refractivity contribution in [1.82, 2.24) is 5.43 Å². The zero-order chi connectivity index (χ0) is 18.2. The average molecular weight is 406 g/mol. The number of phenolic OH excluding ortho intramolecular Hbond substituents is 2. The summed E-state index contributed by atoms with van der Waals surface area (Å²) in [5.74, 6) is -0.944. The van der Waals surface area contributed by atoms with E-state index < -0.39 is 5.91 Å². The summed E-state index contributed by atoms with van der Waals surface area (Å²) in [7, 11) is 0. The Labute approximate surface area is 152 Å². The number of phenols is 2. The number of hydrazone groups is 1. The van der Waals surface area contributed by atoms with Crippen LogP contribution in [0.1, 0.15) is 18.4 Å². The van der Waals surface area contributed by atoms with E-state index in [2.05, 4.69) is 31.8 Å². The molecule has 0 bridgehead atoms. The maximum atomic E-state index is 11.8. The van der Waals surface area contributed by atoms with E-state index in [1.165, 1.54) is 18.3 Å². The Kier molecular flexibility index (Phi) is 6.53. The first-order valence-electron chi connectivity index (χ1n) is 7.33. The summed E-state index contributed by atoms with van der Waals surface area (Å²) in [4.78, 5) is 23.4. The van der Waals surface area contributed by atoms with Gasteiger partial charge in [0.2, 0.25) is 11.8 Å². The van der Waals surface area contributed by atoms with Crippen LogP contribution >= 0.6 is 15.9 Å². The summed E-state index contributed by atoms with van der Waals surface area (Å²) in [5, 5.41) is 25.1. The van der Waals surface area contributed by atoms with E-state index in [4.69, 9.17) is 0 Å². The number of anilines is 1. The topological polar surface area (TPSA) is 111 Å².